The van der Waals surface area contributed by atoms with E-state index in [2.05, 4.69) is 30.7 Å². The van der Waals surface area contributed by atoms with Gasteiger partial charge >= 0.3 is 0 Å². The molecule has 0 atom stereocenters. The molecule has 1 fully saturated rings. The maximum Gasteiger partial charge on any atom is 0.164 e. The molecule has 0 radical (unpaired) electrons. The Morgan fingerprint density at radius 2 is 2.17 bits per heavy atom. The van der Waals surface area contributed by atoms with E-state index in [9.17, 15) is 4.39 Å². The summed E-state index contributed by atoms with van der Waals surface area (Å²) >= 11 is 3.43. The Morgan fingerprint density at radius 1 is 1.39 bits per heavy atom. The molecular weight excluding hydrogens is 297 g/mol. The predicted octanol–water partition coefficient (Wildman–Crippen LogP) is 3.62. The average Bonchev–Trinajstić information content (AvgIpc) is 3.12. The number of rotatable bonds is 3. The molecule has 1 aliphatic carbocycles. The fourth-order valence-corrected chi connectivity index (χ4v) is 2.49. The van der Waals surface area contributed by atoms with Crippen molar-refractivity contribution in [3.8, 4) is 11.4 Å². The Kier molecular flexibility index (Phi) is 2.93. The third-order valence-corrected chi connectivity index (χ3v) is 3.72. The number of alkyl halides is 1. The van der Waals surface area contributed by atoms with Crippen LogP contribution in [0.1, 0.15) is 30.3 Å². The zero-order valence-corrected chi connectivity index (χ0v) is 11.6. The molecule has 1 aliphatic rings. The lowest BCUT2D eigenvalue weighted by molar-refractivity contribution is 0.618. The number of benzene rings is 1. The van der Waals surface area contributed by atoms with Crippen LogP contribution in [-0.2, 0) is 5.33 Å². The number of aromatic nitrogens is 3. The van der Waals surface area contributed by atoms with Gasteiger partial charge in [0.25, 0.3) is 0 Å². The van der Waals surface area contributed by atoms with Gasteiger partial charge in [-0.15, -0.1) is 10.2 Å². The fourth-order valence-electron chi connectivity index (χ4n) is 2.11. The van der Waals surface area contributed by atoms with E-state index >= 15 is 0 Å². The van der Waals surface area contributed by atoms with Crippen LogP contribution < -0.4 is 0 Å². The first-order chi connectivity index (χ1) is 8.70. The first-order valence-electron chi connectivity index (χ1n) is 5.97. The molecule has 18 heavy (non-hydrogen) atoms. The van der Waals surface area contributed by atoms with Gasteiger partial charge < -0.3 is 4.57 Å². The van der Waals surface area contributed by atoms with Gasteiger partial charge in [0.05, 0.1) is 5.33 Å². The quantitative estimate of drug-likeness (QED) is 0.811. The average molecular weight is 310 g/mol. The summed E-state index contributed by atoms with van der Waals surface area (Å²) in [5, 5.41) is 9.14. The zero-order valence-electron chi connectivity index (χ0n) is 10.0. The maximum absolute atomic E-state index is 13.3. The van der Waals surface area contributed by atoms with Crippen LogP contribution >= 0.6 is 15.9 Å². The number of hydrogen-bond acceptors (Lipinski definition) is 2. The van der Waals surface area contributed by atoms with Gasteiger partial charge in [0.1, 0.15) is 11.6 Å². The van der Waals surface area contributed by atoms with Crippen molar-refractivity contribution in [3.63, 3.8) is 0 Å². The van der Waals surface area contributed by atoms with Crippen LogP contribution in [-0.4, -0.2) is 14.8 Å². The van der Waals surface area contributed by atoms with Crippen LogP contribution in [0, 0.1) is 12.7 Å². The molecule has 0 N–H and O–H groups in total. The number of halogens is 2. The Morgan fingerprint density at radius 3 is 2.78 bits per heavy atom. The number of aryl methyl sites for hydroxylation is 1. The van der Waals surface area contributed by atoms with Gasteiger partial charge in [-0.3, -0.25) is 0 Å². The van der Waals surface area contributed by atoms with Crippen LogP contribution in [0.25, 0.3) is 11.4 Å². The summed E-state index contributed by atoms with van der Waals surface area (Å²) in [6.07, 6.45) is 2.34. The molecule has 1 aromatic heterocycles. The number of nitrogens with zero attached hydrogens (tertiary/aromatic N) is 3. The summed E-state index contributed by atoms with van der Waals surface area (Å²) in [5.74, 6) is 1.60. The van der Waals surface area contributed by atoms with E-state index < -0.39 is 0 Å². The van der Waals surface area contributed by atoms with Gasteiger partial charge in [0.2, 0.25) is 0 Å². The molecule has 0 unspecified atom stereocenters. The van der Waals surface area contributed by atoms with Crippen molar-refractivity contribution >= 4 is 15.9 Å². The van der Waals surface area contributed by atoms with Gasteiger partial charge in [-0.05, 0) is 43.5 Å². The van der Waals surface area contributed by atoms with E-state index in [-0.39, 0.29) is 5.82 Å². The molecule has 94 valence electrons. The molecule has 1 heterocycles. The van der Waals surface area contributed by atoms with Crippen LogP contribution in [0.5, 0.6) is 0 Å². The van der Waals surface area contributed by atoms with Crippen molar-refractivity contribution in [1.82, 2.24) is 14.8 Å². The normalized spacial score (nSPS) is 15.1. The first-order valence-corrected chi connectivity index (χ1v) is 7.09. The zero-order chi connectivity index (χ0) is 12.7. The molecule has 0 bridgehead atoms. The van der Waals surface area contributed by atoms with Crippen LogP contribution in [0.15, 0.2) is 18.2 Å². The molecule has 1 aromatic carbocycles. The van der Waals surface area contributed by atoms with Gasteiger partial charge in [-0.25, -0.2) is 4.39 Å². The highest BCUT2D eigenvalue weighted by Crippen LogP contribution is 2.39. The lowest BCUT2D eigenvalue weighted by atomic mass is 10.1. The van der Waals surface area contributed by atoms with Crippen LogP contribution in [0.2, 0.25) is 0 Å². The van der Waals surface area contributed by atoms with E-state index in [0.29, 0.717) is 16.9 Å². The SMILES string of the molecule is Cc1cc(-c2nnc(CBr)n2C2CC2)ccc1F. The summed E-state index contributed by atoms with van der Waals surface area (Å²) in [6, 6.07) is 5.59. The van der Waals surface area contributed by atoms with E-state index in [4.69, 9.17) is 0 Å². The Hall–Kier alpha value is -1.23. The standard InChI is InChI=1S/C13H13BrFN3/c1-8-6-9(2-5-11(8)15)13-17-16-12(7-14)18(13)10-3-4-10/h2,5-6,10H,3-4,7H2,1H3. The highest BCUT2D eigenvalue weighted by Gasteiger charge is 2.29. The van der Waals surface area contributed by atoms with Crippen LogP contribution in [0.4, 0.5) is 4.39 Å². The molecule has 0 spiro atoms. The third-order valence-electron chi connectivity index (χ3n) is 3.21. The predicted molar refractivity (Wildman–Crippen MR) is 71.1 cm³/mol. The van der Waals surface area contributed by atoms with E-state index in [0.717, 1.165) is 17.2 Å². The maximum atomic E-state index is 13.3. The van der Waals surface area contributed by atoms with Crippen molar-refractivity contribution in [2.24, 2.45) is 0 Å². The second-order valence-corrected chi connectivity index (χ2v) is 5.20. The Bertz CT molecular complexity index is 590. The van der Waals surface area contributed by atoms with Crippen molar-refractivity contribution in [3.05, 3.63) is 35.4 Å². The molecular formula is C13H13BrFN3. The van der Waals surface area contributed by atoms with Crippen molar-refractivity contribution in [1.29, 1.82) is 0 Å². The monoisotopic (exact) mass is 309 g/mol. The van der Waals surface area contributed by atoms with Crippen molar-refractivity contribution in [2.45, 2.75) is 31.1 Å². The van der Waals surface area contributed by atoms with Crippen molar-refractivity contribution < 1.29 is 4.39 Å². The summed E-state index contributed by atoms with van der Waals surface area (Å²) in [4.78, 5) is 0. The molecule has 3 rings (SSSR count). The smallest absolute Gasteiger partial charge is 0.164 e. The molecule has 0 saturated heterocycles. The van der Waals surface area contributed by atoms with E-state index in [1.807, 2.05) is 6.07 Å². The van der Waals surface area contributed by atoms with Crippen LogP contribution in [0.3, 0.4) is 0 Å². The largest absolute Gasteiger partial charge is 0.307 e. The molecule has 0 aliphatic heterocycles. The van der Waals surface area contributed by atoms with Gasteiger partial charge in [-0.2, -0.15) is 0 Å². The number of hydrogen-bond donors (Lipinski definition) is 0. The molecule has 2 aromatic rings. The molecule has 3 nitrogen and oxygen atoms in total. The highest BCUT2D eigenvalue weighted by molar-refractivity contribution is 9.08. The molecule has 5 heteroatoms. The Balaban J connectivity index is 2.10. The highest BCUT2D eigenvalue weighted by atomic mass is 79.9. The minimum Gasteiger partial charge on any atom is -0.307 e. The van der Waals surface area contributed by atoms with Gasteiger partial charge in [-0.1, -0.05) is 15.9 Å². The Labute approximate surface area is 113 Å². The topological polar surface area (TPSA) is 30.7 Å². The summed E-state index contributed by atoms with van der Waals surface area (Å²) in [7, 11) is 0. The third kappa shape index (κ3) is 1.96. The van der Waals surface area contributed by atoms with Gasteiger partial charge in [0, 0.05) is 11.6 Å². The summed E-state index contributed by atoms with van der Waals surface area (Å²) < 4.78 is 15.5. The molecule has 0 amide bonds. The minimum absolute atomic E-state index is 0.183. The lowest BCUT2D eigenvalue weighted by Gasteiger charge is -2.08. The van der Waals surface area contributed by atoms with E-state index in [1.165, 1.54) is 18.9 Å². The molecule has 1 saturated carbocycles. The minimum atomic E-state index is -0.183. The van der Waals surface area contributed by atoms with Gasteiger partial charge in [0.15, 0.2) is 5.82 Å². The lowest BCUT2D eigenvalue weighted by Crippen LogP contribution is -2.02. The summed E-state index contributed by atoms with van der Waals surface area (Å²) in [6.45, 7) is 1.77. The second kappa shape index (κ2) is 4.46. The fraction of sp³-hybridized carbons (Fsp3) is 0.385. The second-order valence-electron chi connectivity index (χ2n) is 4.64. The van der Waals surface area contributed by atoms with E-state index in [1.54, 1.807) is 13.0 Å². The van der Waals surface area contributed by atoms with Crippen molar-refractivity contribution in [2.75, 3.05) is 0 Å². The first kappa shape index (κ1) is 11.8. The summed E-state index contributed by atoms with van der Waals surface area (Å²) in [5.41, 5.74) is 1.57.